The van der Waals surface area contributed by atoms with Gasteiger partial charge in [0.2, 0.25) is 0 Å². The lowest BCUT2D eigenvalue weighted by Crippen LogP contribution is -2.48. The Labute approximate surface area is 128 Å². The van der Waals surface area contributed by atoms with Crippen LogP contribution in [0.15, 0.2) is 12.7 Å². The van der Waals surface area contributed by atoms with E-state index in [0.717, 1.165) is 25.3 Å². The molecular weight excluding hydrogens is 288 g/mol. The van der Waals surface area contributed by atoms with Crippen LogP contribution in [0.3, 0.4) is 0 Å². The second-order valence-electron chi connectivity index (χ2n) is 6.48. The summed E-state index contributed by atoms with van der Waals surface area (Å²) in [6.45, 7) is 3.26. The molecule has 4 fully saturated rings. The maximum absolute atomic E-state index is 12.0. The second kappa shape index (κ2) is 5.74. The lowest BCUT2D eigenvalue weighted by molar-refractivity contribution is -0.175. The van der Waals surface area contributed by atoms with Crippen LogP contribution in [0.2, 0.25) is 0 Å². The van der Waals surface area contributed by atoms with Crippen molar-refractivity contribution in [1.29, 1.82) is 0 Å². The Kier molecular flexibility index (Phi) is 3.93. The van der Waals surface area contributed by atoms with E-state index in [1.165, 1.54) is 0 Å². The first kappa shape index (κ1) is 15.1. The van der Waals surface area contributed by atoms with E-state index in [-0.39, 0.29) is 31.0 Å². The van der Waals surface area contributed by atoms with Crippen LogP contribution in [0.4, 0.5) is 0 Å². The number of fused-ring (bicyclic) bond motifs is 1. The summed E-state index contributed by atoms with van der Waals surface area (Å²) >= 11 is 0. The average molecular weight is 308 g/mol. The van der Waals surface area contributed by atoms with Gasteiger partial charge in [-0.25, -0.2) is 4.79 Å². The van der Waals surface area contributed by atoms with Gasteiger partial charge in [-0.2, -0.15) is 0 Å². The summed E-state index contributed by atoms with van der Waals surface area (Å²) in [7, 11) is 0. The quantitative estimate of drug-likeness (QED) is 0.435. The van der Waals surface area contributed by atoms with E-state index in [2.05, 4.69) is 6.58 Å². The fourth-order valence-electron chi connectivity index (χ4n) is 4.09. The summed E-state index contributed by atoms with van der Waals surface area (Å²) in [5.41, 5.74) is -0.581. The minimum Gasteiger partial charge on any atom is -0.462 e. The summed E-state index contributed by atoms with van der Waals surface area (Å²) in [5, 5.41) is 0. The zero-order valence-electron chi connectivity index (χ0n) is 12.4. The van der Waals surface area contributed by atoms with Gasteiger partial charge in [-0.1, -0.05) is 6.58 Å². The van der Waals surface area contributed by atoms with Gasteiger partial charge in [0.15, 0.2) is 0 Å². The van der Waals surface area contributed by atoms with Crippen molar-refractivity contribution in [1.82, 2.24) is 0 Å². The highest BCUT2D eigenvalue weighted by atomic mass is 16.6. The monoisotopic (exact) mass is 308 g/mol. The molecule has 22 heavy (non-hydrogen) atoms. The van der Waals surface area contributed by atoms with Gasteiger partial charge in [-0.05, 0) is 25.2 Å². The van der Waals surface area contributed by atoms with Crippen molar-refractivity contribution in [3.05, 3.63) is 12.7 Å². The third-order valence-corrected chi connectivity index (χ3v) is 4.76. The van der Waals surface area contributed by atoms with Crippen LogP contribution < -0.4 is 0 Å². The van der Waals surface area contributed by atoms with Crippen molar-refractivity contribution in [2.24, 2.45) is 11.8 Å². The highest BCUT2D eigenvalue weighted by molar-refractivity contribution is 5.81. The predicted molar refractivity (Wildman–Crippen MR) is 74.5 cm³/mol. The van der Waals surface area contributed by atoms with E-state index in [1.807, 2.05) is 0 Å². The Morgan fingerprint density at radius 2 is 2.14 bits per heavy atom. The zero-order valence-corrected chi connectivity index (χ0v) is 12.4. The van der Waals surface area contributed by atoms with E-state index in [0.29, 0.717) is 18.8 Å². The van der Waals surface area contributed by atoms with E-state index in [1.54, 1.807) is 0 Å². The second-order valence-corrected chi connectivity index (χ2v) is 6.48. The van der Waals surface area contributed by atoms with E-state index < -0.39 is 17.5 Å². The maximum Gasteiger partial charge on any atom is 0.330 e. The van der Waals surface area contributed by atoms with Crippen LogP contribution in [0.1, 0.15) is 38.5 Å². The lowest BCUT2D eigenvalue weighted by Gasteiger charge is -2.45. The smallest absolute Gasteiger partial charge is 0.330 e. The molecular formula is C16H20O6. The van der Waals surface area contributed by atoms with Crippen molar-refractivity contribution < 1.29 is 28.6 Å². The molecule has 0 N–H and O–H groups in total. The van der Waals surface area contributed by atoms with E-state index in [9.17, 15) is 14.4 Å². The van der Waals surface area contributed by atoms with Crippen molar-refractivity contribution in [2.45, 2.75) is 50.2 Å². The van der Waals surface area contributed by atoms with Crippen molar-refractivity contribution in [3.8, 4) is 0 Å². The van der Waals surface area contributed by atoms with Crippen LogP contribution >= 0.6 is 0 Å². The third kappa shape index (κ3) is 3.00. The van der Waals surface area contributed by atoms with Gasteiger partial charge in [-0.15, -0.1) is 0 Å². The molecule has 0 amide bonds. The molecule has 4 bridgehead atoms. The summed E-state index contributed by atoms with van der Waals surface area (Å²) in [5.74, 6) is -0.873. The number of ether oxygens (including phenoxy) is 3. The Morgan fingerprint density at radius 1 is 1.32 bits per heavy atom. The Balaban J connectivity index is 1.59. The molecule has 2 aliphatic carbocycles. The fourth-order valence-corrected chi connectivity index (χ4v) is 4.09. The summed E-state index contributed by atoms with van der Waals surface area (Å²) in [6.07, 6.45) is 4.58. The lowest BCUT2D eigenvalue weighted by atomic mass is 9.65. The molecule has 0 spiro atoms. The normalized spacial score (nSPS) is 35.5. The molecule has 2 heterocycles. The molecule has 2 saturated heterocycles. The number of carbonyl (C=O) groups is 3. The minimum atomic E-state index is -0.581. The molecule has 6 nitrogen and oxygen atoms in total. The molecule has 0 aromatic carbocycles. The first-order valence-electron chi connectivity index (χ1n) is 7.71. The third-order valence-electron chi connectivity index (χ3n) is 4.76. The standard InChI is InChI=1S/C16H20O6/c1-2-13(17)20-4-3-14(18)22-16-7-10-5-11(8-16)15(19)21-12(6-10)9-16/h2,10-12H,1,3-9H2. The summed E-state index contributed by atoms with van der Waals surface area (Å²) < 4.78 is 16.0. The molecule has 0 radical (unpaired) electrons. The topological polar surface area (TPSA) is 78.9 Å². The first-order valence-corrected chi connectivity index (χ1v) is 7.71. The van der Waals surface area contributed by atoms with Crippen LogP contribution in [0.25, 0.3) is 0 Å². The van der Waals surface area contributed by atoms with E-state index in [4.69, 9.17) is 14.2 Å². The molecule has 4 atom stereocenters. The number of hydrogen-bond donors (Lipinski definition) is 0. The Bertz CT molecular complexity index is 513. The number of carbonyl (C=O) groups excluding carboxylic acids is 3. The fraction of sp³-hybridized carbons (Fsp3) is 0.688. The molecule has 4 aliphatic rings. The molecule has 2 saturated carbocycles. The summed E-state index contributed by atoms with van der Waals surface area (Å²) in [6, 6.07) is 0. The summed E-state index contributed by atoms with van der Waals surface area (Å²) in [4.78, 5) is 34.9. The van der Waals surface area contributed by atoms with Gasteiger partial charge in [0.05, 0.1) is 12.3 Å². The highest BCUT2D eigenvalue weighted by Crippen LogP contribution is 2.51. The van der Waals surface area contributed by atoms with Gasteiger partial charge in [-0.3, -0.25) is 9.59 Å². The van der Waals surface area contributed by atoms with Gasteiger partial charge < -0.3 is 14.2 Å². The maximum atomic E-state index is 12.0. The van der Waals surface area contributed by atoms with Crippen LogP contribution in [-0.2, 0) is 28.6 Å². The van der Waals surface area contributed by atoms with Gasteiger partial charge >= 0.3 is 17.9 Å². The van der Waals surface area contributed by atoms with Crippen LogP contribution in [-0.4, -0.2) is 36.2 Å². The molecule has 4 rings (SSSR count). The Hall–Kier alpha value is -1.85. The molecule has 4 unspecified atom stereocenters. The molecule has 0 aromatic heterocycles. The van der Waals surface area contributed by atoms with Gasteiger partial charge in [0.1, 0.15) is 18.3 Å². The predicted octanol–water partition coefficient (Wildman–Crippen LogP) is 1.52. The van der Waals surface area contributed by atoms with Crippen LogP contribution in [0, 0.1) is 11.8 Å². The first-order chi connectivity index (χ1) is 10.5. The SMILES string of the molecule is C=CC(=O)OCCC(=O)OC12CC3CC(C1)OC(=O)C(C3)C2. The van der Waals surface area contributed by atoms with Crippen molar-refractivity contribution in [2.75, 3.05) is 6.61 Å². The van der Waals surface area contributed by atoms with Gasteiger partial charge in [0, 0.05) is 18.9 Å². The molecule has 6 heteroatoms. The number of esters is 3. The molecule has 0 aromatic rings. The number of hydrogen-bond acceptors (Lipinski definition) is 6. The van der Waals surface area contributed by atoms with Crippen LogP contribution in [0.5, 0.6) is 0 Å². The van der Waals surface area contributed by atoms with Gasteiger partial charge in [0.25, 0.3) is 0 Å². The average Bonchev–Trinajstić information content (AvgIpc) is 2.60. The molecule has 120 valence electrons. The van der Waals surface area contributed by atoms with Crippen molar-refractivity contribution >= 4 is 17.9 Å². The minimum absolute atomic E-state index is 0.0101. The Morgan fingerprint density at radius 3 is 2.91 bits per heavy atom. The number of rotatable bonds is 5. The largest absolute Gasteiger partial charge is 0.462 e. The zero-order chi connectivity index (χ0) is 15.7. The van der Waals surface area contributed by atoms with Crippen molar-refractivity contribution in [3.63, 3.8) is 0 Å². The highest BCUT2D eigenvalue weighted by Gasteiger charge is 2.54. The molecule has 2 aliphatic heterocycles. The van der Waals surface area contributed by atoms with E-state index >= 15 is 0 Å².